The number of nitrogens with one attached hydrogen (secondary N) is 1. The Bertz CT molecular complexity index is 974. The number of anilines is 1. The molecule has 0 aliphatic heterocycles. The zero-order valence-electron chi connectivity index (χ0n) is 14.1. The standard InChI is InChI=1S/C18H19N3O4S/c22-26(23,14-6-1-2-7-14)15-8-3-5-13(11-15)19-12-17-20-18(21-25-17)16-9-4-10-24-16/h3-5,8-11,14,19H,1-2,6-7,12H2. The van der Waals surface area contributed by atoms with E-state index in [1.54, 1.807) is 36.6 Å². The molecule has 1 N–H and O–H groups in total. The second-order valence-corrected chi connectivity index (χ2v) is 8.55. The third kappa shape index (κ3) is 3.37. The zero-order valence-corrected chi connectivity index (χ0v) is 14.9. The zero-order chi connectivity index (χ0) is 18.0. The van der Waals surface area contributed by atoms with Gasteiger partial charge in [-0.1, -0.05) is 24.1 Å². The van der Waals surface area contributed by atoms with Gasteiger partial charge in [0.2, 0.25) is 11.7 Å². The van der Waals surface area contributed by atoms with Crippen LogP contribution in [0.3, 0.4) is 0 Å². The molecule has 2 aromatic heterocycles. The van der Waals surface area contributed by atoms with Gasteiger partial charge in [0, 0.05) is 5.69 Å². The highest BCUT2D eigenvalue weighted by atomic mass is 32.2. The Balaban J connectivity index is 1.46. The molecule has 7 nitrogen and oxygen atoms in total. The van der Waals surface area contributed by atoms with E-state index in [1.165, 1.54) is 0 Å². The van der Waals surface area contributed by atoms with Gasteiger partial charge in [-0.3, -0.25) is 0 Å². The van der Waals surface area contributed by atoms with Gasteiger partial charge in [-0.2, -0.15) is 4.98 Å². The number of furan rings is 1. The van der Waals surface area contributed by atoms with E-state index < -0.39 is 9.84 Å². The number of aromatic nitrogens is 2. The summed E-state index contributed by atoms with van der Waals surface area (Å²) in [6, 6.07) is 10.4. The Hall–Kier alpha value is -2.61. The Kier molecular flexibility index (Phi) is 4.50. The summed E-state index contributed by atoms with van der Waals surface area (Å²) in [5.74, 6) is 1.30. The molecule has 26 heavy (non-hydrogen) atoms. The van der Waals surface area contributed by atoms with Crippen molar-refractivity contribution in [2.45, 2.75) is 42.4 Å². The van der Waals surface area contributed by atoms with Gasteiger partial charge >= 0.3 is 0 Å². The lowest BCUT2D eigenvalue weighted by atomic mass is 10.3. The molecule has 1 aliphatic rings. The number of sulfone groups is 1. The minimum absolute atomic E-state index is 0.260. The first kappa shape index (κ1) is 16.8. The molecule has 4 rings (SSSR count). The first-order valence-corrected chi connectivity index (χ1v) is 10.1. The van der Waals surface area contributed by atoms with Crippen LogP contribution in [0.15, 0.2) is 56.5 Å². The van der Waals surface area contributed by atoms with Gasteiger partial charge in [0.05, 0.1) is 23.0 Å². The Morgan fingerprint density at radius 1 is 1.15 bits per heavy atom. The minimum Gasteiger partial charge on any atom is -0.461 e. The van der Waals surface area contributed by atoms with Crippen LogP contribution in [-0.4, -0.2) is 23.8 Å². The Labute approximate surface area is 151 Å². The summed E-state index contributed by atoms with van der Waals surface area (Å²) in [7, 11) is -3.27. The van der Waals surface area contributed by atoms with Crippen molar-refractivity contribution < 1.29 is 17.4 Å². The Morgan fingerprint density at radius 3 is 2.77 bits per heavy atom. The summed E-state index contributed by atoms with van der Waals surface area (Å²) in [6.45, 7) is 0.292. The van der Waals surface area contributed by atoms with E-state index in [0.717, 1.165) is 25.7 Å². The molecule has 0 unspecified atom stereocenters. The fourth-order valence-corrected chi connectivity index (χ4v) is 5.08. The number of hydrogen-bond donors (Lipinski definition) is 1. The van der Waals surface area contributed by atoms with Crippen molar-refractivity contribution in [3.05, 3.63) is 48.6 Å². The molecular weight excluding hydrogens is 354 g/mol. The average Bonchev–Trinajstić information content (AvgIpc) is 3.42. The topological polar surface area (TPSA) is 98.2 Å². The second-order valence-electron chi connectivity index (χ2n) is 6.32. The molecule has 8 heteroatoms. The van der Waals surface area contributed by atoms with Crippen LogP contribution in [0.2, 0.25) is 0 Å². The lowest BCUT2D eigenvalue weighted by Crippen LogP contribution is -2.17. The SMILES string of the molecule is O=S(=O)(c1cccc(NCc2nc(-c3ccco3)no2)c1)C1CCCC1. The molecule has 3 aromatic rings. The van der Waals surface area contributed by atoms with Crippen molar-refractivity contribution >= 4 is 15.5 Å². The van der Waals surface area contributed by atoms with E-state index in [-0.39, 0.29) is 5.25 Å². The lowest BCUT2D eigenvalue weighted by Gasteiger charge is -2.12. The molecule has 0 spiro atoms. The van der Waals surface area contributed by atoms with Crippen LogP contribution in [-0.2, 0) is 16.4 Å². The van der Waals surface area contributed by atoms with Crippen molar-refractivity contribution in [1.82, 2.24) is 10.1 Å². The predicted molar refractivity (Wildman–Crippen MR) is 95.2 cm³/mol. The van der Waals surface area contributed by atoms with Crippen LogP contribution in [0.4, 0.5) is 5.69 Å². The number of benzene rings is 1. The first-order chi connectivity index (χ1) is 12.6. The van der Waals surface area contributed by atoms with Gasteiger partial charge in [-0.15, -0.1) is 0 Å². The molecule has 1 fully saturated rings. The van der Waals surface area contributed by atoms with Crippen molar-refractivity contribution in [3.8, 4) is 11.6 Å². The van der Waals surface area contributed by atoms with Crippen LogP contribution in [0.1, 0.15) is 31.6 Å². The summed E-state index contributed by atoms with van der Waals surface area (Å²) >= 11 is 0. The summed E-state index contributed by atoms with van der Waals surface area (Å²) in [6.07, 6.45) is 5.00. The largest absolute Gasteiger partial charge is 0.461 e. The first-order valence-electron chi connectivity index (χ1n) is 8.57. The fraction of sp³-hybridized carbons (Fsp3) is 0.333. The maximum atomic E-state index is 12.7. The summed E-state index contributed by atoms with van der Waals surface area (Å²) in [4.78, 5) is 4.61. The number of nitrogens with zero attached hydrogens (tertiary/aromatic N) is 2. The minimum atomic E-state index is -3.27. The smallest absolute Gasteiger partial charge is 0.246 e. The quantitative estimate of drug-likeness (QED) is 0.704. The fourth-order valence-electron chi connectivity index (χ4n) is 3.18. The highest BCUT2D eigenvalue weighted by Crippen LogP contribution is 2.30. The van der Waals surface area contributed by atoms with Crippen LogP contribution >= 0.6 is 0 Å². The molecule has 1 aromatic carbocycles. The van der Waals surface area contributed by atoms with Crippen LogP contribution in [0.5, 0.6) is 0 Å². The van der Waals surface area contributed by atoms with E-state index in [1.807, 2.05) is 6.07 Å². The highest BCUT2D eigenvalue weighted by Gasteiger charge is 2.30. The summed E-state index contributed by atoms with van der Waals surface area (Å²) < 4.78 is 35.8. The van der Waals surface area contributed by atoms with Gasteiger partial charge in [0.25, 0.3) is 0 Å². The van der Waals surface area contributed by atoms with Gasteiger partial charge in [0.1, 0.15) is 0 Å². The summed E-state index contributed by atoms with van der Waals surface area (Å²) in [5.41, 5.74) is 0.696. The molecule has 0 saturated heterocycles. The molecule has 0 radical (unpaired) electrons. The monoisotopic (exact) mass is 373 g/mol. The van der Waals surface area contributed by atoms with Gasteiger partial charge in [-0.05, 0) is 43.2 Å². The number of rotatable bonds is 6. The molecule has 0 amide bonds. The van der Waals surface area contributed by atoms with Gasteiger partial charge < -0.3 is 14.3 Å². The van der Waals surface area contributed by atoms with E-state index in [2.05, 4.69) is 15.5 Å². The van der Waals surface area contributed by atoms with Crippen molar-refractivity contribution in [3.63, 3.8) is 0 Å². The third-order valence-electron chi connectivity index (χ3n) is 4.56. The molecule has 1 saturated carbocycles. The maximum absolute atomic E-state index is 12.7. The Morgan fingerprint density at radius 2 is 2.00 bits per heavy atom. The van der Waals surface area contributed by atoms with Crippen LogP contribution < -0.4 is 5.32 Å². The second kappa shape index (κ2) is 6.95. The van der Waals surface area contributed by atoms with E-state index >= 15 is 0 Å². The lowest BCUT2D eigenvalue weighted by molar-refractivity contribution is 0.382. The van der Waals surface area contributed by atoms with Gasteiger partial charge in [0.15, 0.2) is 15.6 Å². The number of hydrogen-bond acceptors (Lipinski definition) is 7. The molecule has 136 valence electrons. The van der Waals surface area contributed by atoms with Gasteiger partial charge in [-0.25, -0.2) is 8.42 Å². The molecule has 0 bridgehead atoms. The average molecular weight is 373 g/mol. The summed E-state index contributed by atoms with van der Waals surface area (Å²) in [5, 5.41) is 6.74. The molecule has 0 atom stereocenters. The molecular formula is C18H19N3O4S. The highest BCUT2D eigenvalue weighted by molar-refractivity contribution is 7.92. The predicted octanol–water partition coefficient (Wildman–Crippen LogP) is 3.66. The van der Waals surface area contributed by atoms with Crippen LogP contribution in [0, 0.1) is 0 Å². The van der Waals surface area contributed by atoms with E-state index in [0.29, 0.717) is 34.6 Å². The van der Waals surface area contributed by atoms with E-state index in [4.69, 9.17) is 8.94 Å². The van der Waals surface area contributed by atoms with E-state index in [9.17, 15) is 8.42 Å². The van der Waals surface area contributed by atoms with Crippen LogP contribution in [0.25, 0.3) is 11.6 Å². The van der Waals surface area contributed by atoms with Crippen molar-refractivity contribution in [1.29, 1.82) is 0 Å². The van der Waals surface area contributed by atoms with Crippen molar-refractivity contribution in [2.75, 3.05) is 5.32 Å². The molecule has 1 aliphatic carbocycles. The van der Waals surface area contributed by atoms with Crippen molar-refractivity contribution in [2.24, 2.45) is 0 Å². The maximum Gasteiger partial charge on any atom is 0.246 e. The normalized spacial score (nSPS) is 15.4. The molecule has 2 heterocycles. The third-order valence-corrected chi connectivity index (χ3v) is 6.82.